The Labute approximate surface area is 85.7 Å². The average molecular weight is 193 g/mol. The van der Waals surface area contributed by atoms with Crippen molar-refractivity contribution in [3.05, 3.63) is 18.2 Å². The van der Waals surface area contributed by atoms with Crippen molar-refractivity contribution in [3.8, 4) is 0 Å². The summed E-state index contributed by atoms with van der Waals surface area (Å²) in [6.45, 7) is 2.13. The lowest BCUT2D eigenvalue weighted by atomic mass is 10.2. The van der Waals surface area contributed by atoms with E-state index in [0.717, 1.165) is 6.04 Å². The molecule has 0 amide bonds. The molecule has 2 unspecified atom stereocenters. The van der Waals surface area contributed by atoms with Crippen molar-refractivity contribution >= 4 is 0 Å². The largest absolute Gasteiger partial charge is 0.332 e. The van der Waals surface area contributed by atoms with Crippen molar-refractivity contribution in [2.24, 2.45) is 0 Å². The predicted molar refractivity (Wildman–Crippen MR) is 57.3 cm³/mol. The highest BCUT2D eigenvalue weighted by Crippen LogP contribution is 2.32. The molecule has 0 saturated heterocycles. The average Bonchev–Trinajstić information content (AvgIpc) is 2.71. The van der Waals surface area contributed by atoms with Crippen molar-refractivity contribution in [3.63, 3.8) is 0 Å². The van der Waals surface area contributed by atoms with Crippen LogP contribution in [-0.2, 0) is 0 Å². The first-order valence-electron chi connectivity index (χ1n) is 5.33. The Morgan fingerprint density at radius 1 is 1.43 bits per heavy atom. The number of hydrogen-bond acceptors (Lipinski definition) is 2. The van der Waals surface area contributed by atoms with Crippen molar-refractivity contribution in [1.82, 2.24) is 14.5 Å². The van der Waals surface area contributed by atoms with Gasteiger partial charge in [0.2, 0.25) is 0 Å². The molecule has 1 fully saturated rings. The van der Waals surface area contributed by atoms with Gasteiger partial charge in [-0.1, -0.05) is 0 Å². The second kappa shape index (κ2) is 3.73. The van der Waals surface area contributed by atoms with Crippen LogP contribution in [0, 0.1) is 6.92 Å². The highest BCUT2D eigenvalue weighted by molar-refractivity contribution is 4.99. The van der Waals surface area contributed by atoms with Gasteiger partial charge in [0.15, 0.2) is 0 Å². The summed E-state index contributed by atoms with van der Waals surface area (Å²) >= 11 is 0. The van der Waals surface area contributed by atoms with E-state index in [0.29, 0.717) is 6.04 Å². The van der Waals surface area contributed by atoms with E-state index in [4.69, 9.17) is 0 Å². The van der Waals surface area contributed by atoms with E-state index in [1.165, 1.54) is 25.0 Å². The van der Waals surface area contributed by atoms with Crippen molar-refractivity contribution in [2.75, 3.05) is 14.1 Å². The minimum Gasteiger partial charge on any atom is -0.332 e. The van der Waals surface area contributed by atoms with Gasteiger partial charge in [0.1, 0.15) is 0 Å². The third kappa shape index (κ3) is 1.69. The Balaban J connectivity index is 2.06. The van der Waals surface area contributed by atoms with E-state index in [1.54, 1.807) is 0 Å². The lowest BCUT2D eigenvalue weighted by Crippen LogP contribution is -2.25. The molecule has 1 saturated carbocycles. The summed E-state index contributed by atoms with van der Waals surface area (Å²) in [4.78, 5) is 6.53. The molecule has 0 N–H and O–H groups in total. The highest BCUT2D eigenvalue weighted by atomic mass is 15.1. The molecular formula is C11H19N3. The Morgan fingerprint density at radius 2 is 2.21 bits per heavy atom. The number of aryl methyl sites for hydroxylation is 1. The van der Waals surface area contributed by atoms with Crippen LogP contribution >= 0.6 is 0 Å². The minimum atomic E-state index is 0.671. The Kier molecular flexibility index (Phi) is 2.59. The maximum absolute atomic E-state index is 4.19. The first-order valence-corrected chi connectivity index (χ1v) is 5.33. The highest BCUT2D eigenvalue weighted by Gasteiger charge is 2.27. The van der Waals surface area contributed by atoms with Gasteiger partial charge in [-0.05, 0) is 40.3 Å². The first-order chi connectivity index (χ1) is 6.68. The zero-order chi connectivity index (χ0) is 10.1. The predicted octanol–water partition coefficient (Wildman–Crippen LogP) is 1.85. The van der Waals surface area contributed by atoms with Gasteiger partial charge in [0.05, 0.1) is 6.33 Å². The van der Waals surface area contributed by atoms with E-state index in [1.807, 2.05) is 12.5 Å². The molecule has 0 aliphatic heterocycles. The standard InChI is InChI=1S/C11H19N3/c1-9-7-12-8-14(9)11-5-4-10(6-11)13(2)3/h7-8,10-11H,4-6H2,1-3H3. The molecule has 1 aliphatic rings. The Morgan fingerprint density at radius 3 is 2.71 bits per heavy atom. The smallest absolute Gasteiger partial charge is 0.0950 e. The molecule has 1 aromatic heterocycles. The van der Waals surface area contributed by atoms with Gasteiger partial charge in [-0.2, -0.15) is 0 Å². The van der Waals surface area contributed by atoms with Crippen LogP contribution in [0.15, 0.2) is 12.5 Å². The molecule has 14 heavy (non-hydrogen) atoms. The summed E-state index contributed by atoms with van der Waals surface area (Å²) in [7, 11) is 4.35. The summed E-state index contributed by atoms with van der Waals surface area (Å²) in [5, 5.41) is 0. The summed E-state index contributed by atoms with van der Waals surface area (Å²) in [6.07, 6.45) is 7.79. The molecular weight excluding hydrogens is 174 g/mol. The van der Waals surface area contributed by atoms with E-state index in [-0.39, 0.29) is 0 Å². The molecule has 1 aliphatic carbocycles. The van der Waals surface area contributed by atoms with Gasteiger partial charge in [-0.15, -0.1) is 0 Å². The van der Waals surface area contributed by atoms with Crippen LogP contribution < -0.4 is 0 Å². The third-order valence-corrected chi connectivity index (χ3v) is 3.36. The van der Waals surface area contributed by atoms with E-state index in [9.17, 15) is 0 Å². The maximum atomic E-state index is 4.19. The van der Waals surface area contributed by atoms with Crippen LogP contribution in [0.3, 0.4) is 0 Å². The van der Waals surface area contributed by atoms with E-state index < -0.39 is 0 Å². The third-order valence-electron chi connectivity index (χ3n) is 3.36. The van der Waals surface area contributed by atoms with Crippen LogP contribution in [0.1, 0.15) is 31.0 Å². The molecule has 0 aromatic carbocycles. The summed E-state index contributed by atoms with van der Waals surface area (Å²) < 4.78 is 2.32. The summed E-state index contributed by atoms with van der Waals surface area (Å²) in [5.74, 6) is 0. The SMILES string of the molecule is Cc1cncn1C1CCC(N(C)C)C1. The fraction of sp³-hybridized carbons (Fsp3) is 0.727. The molecule has 3 heteroatoms. The van der Waals surface area contributed by atoms with E-state index >= 15 is 0 Å². The fourth-order valence-corrected chi connectivity index (χ4v) is 2.41. The van der Waals surface area contributed by atoms with Gasteiger partial charge in [-0.3, -0.25) is 0 Å². The molecule has 2 atom stereocenters. The minimum absolute atomic E-state index is 0.671. The number of rotatable bonds is 2. The topological polar surface area (TPSA) is 21.1 Å². The number of nitrogens with zero attached hydrogens (tertiary/aromatic N) is 3. The van der Waals surface area contributed by atoms with Gasteiger partial charge in [-0.25, -0.2) is 4.98 Å². The van der Waals surface area contributed by atoms with Gasteiger partial charge >= 0.3 is 0 Å². The summed E-state index contributed by atoms with van der Waals surface area (Å²) in [5.41, 5.74) is 1.29. The second-order valence-electron chi connectivity index (χ2n) is 4.53. The van der Waals surface area contributed by atoms with Crippen LogP contribution in [0.4, 0.5) is 0 Å². The monoisotopic (exact) mass is 193 g/mol. The van der Waals surface area contributed by atoms with Gasteiger partial charge in [0, 0.05) is 24.0 Å². The zero-order valence-corrected chi connectivity index (χ0v) is 9.27. The van der Waals surface area contributed by atoms with Gasteiger partial charge < -0.3 is 9.47 Å². The Hall–Kier alpha value is -0.830. The number of aromatic nitrogens is 2. The lowest BCUT2D eigenvalue weighted by Gasteiger charge is -2.19. The lowest BCUT2D eigenvalue weighted by molar-refractivity contribution is 0.290. The molecule has 0 bridgehead atoms. The molecule has 0 spiro atoms. The van der Waals surface area contributed by atoms with Crippen molar-refractivity contribution in [1.29, 1.82) is 0 Å². The zero-order valence-electron chi connectivity index (χ0n) is 9.27. The molecule has 78 valence electrons. The molecule has 1 heterocycles. The first kappa shape index (κ1) is 9.71. The fourth-order valence-electron chi connectivity index (χ4n) is 2.41. The van der Waals surface area contributed by atoms with Crippen molar-refractivity contribution < 1.29 is 0 Å². The Bertz CT molecular complexity index is 303. The quantitative estimate of drug-likeness (QED) is 0.714. The van der Waals surface area contributed by atoms with Crippen LogP contribution in [0.5, 0.6) is 0 Å². The molecule has 2 rings (SSSR count). The van der Waals surface area contributed by atoms with E-state index in [2.05, 4.69) is 35.5 Å². The molecule has 1 aromatic rings. The van der Waals surface area contributed by atoms with Gasteiger partial charge in [0.25, 0.3) is 0 Å². The molecule has 0 radical (unpaired) electrons. The van der Waals surface area contributed by atoms with Crippen LogP contribution in [0.25, 0.3) is 0 Å². The van der Waals surface area contributed by atoms with Crippen molar-refractivity contribution in [2.45, 2.75) is 38.3 Å². The number of imidazole rings is 1. The maximum Gasteiger partial charge on any atom is 0.0950 e. The number of hydrogen-bond donors (Lipinski definition) is 0. The molecule has 3 nitrogen and oxygen atoms in total. The van der Waals surface area contributed by atoms with Crippen LogP contribution in [0.2, 0.25) is 0 Å². The normalized spacial score (nSPS) is 27.4. The second-order valence-corrected chi connectivity index (χ2v) is 4.53. The summed E-state index contributed by atoms with van der Waals surface area (Å²) in [6, 6.07) is 1.42. The van der Waals surface area contributed by atoms with Crippen LogP contribution in [-0.4, -0.2) is 34.6 Å².